The van der Waals surface area contributed by atoms with Gasteiger partial charge in [0.1, 0.15) is 6.04 Å². The maximum Gasteiger partial charge on any atom is 0.325 e. The Balaban J connectivity index is 1.87. The Labute approximate surface area is 162 Å². The summed E-state index contributed by atoms with van der Waals surface area (Å²) in [7, 11) is 0. The predicted molar refractivity (Wildman–Crippen MR) is 106 cm³/mol. The molecular weight excluding hydrogens is 356 g/mol. The molecule has 0 bridgehead atoms. The molecule has 28 heavy (non-hydrogen) atoms. The molecule has 2 atom stereocenters. The van der Waals surface area contributed by atoms with Crippen LogP contribution in [0.1, 0.15) is 24.4 Å². The Morgan fingerprint density at radius 1 is 1.04 bits per heavy atom. The van der Waals surface area contributed by atoms with E-state index in [9.17, 15) is 19.8 Å². The van der Waals surface area contributed by atoms with E-state index in [1.807, 2.05) is 54.6 Å². The van der Waals surface area contributed by atoms with Crippen molar-refractivity contribution in [1.29, 1.82) is 0 Å². The number of carboxylic acids is 2. The summed E-state index contributed by atoms with van der Waals surface area (Å²) in [5, 5.41) is 20.4. The quantitative estimate of drug-likeness (QED) is 0.629. The standard InChI is InChI=1S/C22H22N2O4/c25-21(26)15-9-6-12-24(13-15)20(22(27)28)18-16-10-4-5-11-17(16)23-19(18)14-7-2-1-3-8-14/h1-5,7-8,10-11,15,20,23H,6,9,12-13H2,(H,25,26)(H,27,28)/t15-,20-/m0/s1. The lowest BCUT2D eigenvalue weighted by Crippen LogP contribution is -2.43. The summed E-state index contributed by atoms with van der Waals surface area (Å²) in [6.07, 6.45) is 1.25. The van der Waals surface area contributed by atoms with Gasteiger partial charge in [-0.2, -0.15) is 0 Å². The van der Waals surface area contributed by atoms with Gasteiger partial charge in [-0.3, -0.25) is 14.5 Å². The van der Waals surface area contributed by atoms with Crippen molar-refractivity contribution >= 4 is 22.8 Å². The third-order valence-corrected chi connectivity index (χ3v) is 5.48. The fraction of sp³-hybridized carbons (Fsp3) is 0.273. The highest BCUT2D eigenvalue weighted by Crippen LogP contribution is 2.38. The maximum atomic E-state index is 12.4. The van der Waals surface area contributed by atoms with Gasteiger partial charge < -0.3 is 15.2 Å². The van der Waals surface area contributed by atoms with Gasteiger partial charge in [0.25, 0.3) is 0 Å². The fourth-order valence-corrected chi connectivity index (χ4v) is 4.18. The first-order valence-corrected chi connectivity index (χ1v) is 9.42. The number of para-hydroxylation sites is 1. The molecule has 6 nitrogen and oxygen atoms in total. The molecule has 0 spiro atoms. The summed E-state index contributed by atoms with van der Waals surface area (Å²) >= 11 is 0. The summed E-state index contributed by atoms with van der Waals surface area (Å²) in [5.74, 6) is -2.37. The van der Waals surface area contributed by atoms with Crippen molar-refractivity contribution in [1.82, 2.24) is 9.88 Å². The number of hydrogen-bond donors (Lipinski definition) is 3. The molecule has 144 valence electrons. The molecule has 1 fully saturated rings. The number of nitrogens with one attached hydrogen (secondary N) is 1. The Bertz CT molecular complexity index is 1010. The molecule has 0 radical (unpaired) electrons. The molecule has 0 saturated carbocycles. The van der Waals surface area contributed by atoms with E-state index in [0.29, 0.717) is 24.9 Å². The monoisotopic (exact) mass is 378 g/mol. The normalized spacial score (nSPS) is 18.8. The maximum absolute atomic E-state index is 12.4. The lowest BCUT2D eigenvalue weighted by molar-refractivity contribution is -0.149. The number of aromatic amines is 1. The van der Waals surface area contributed by atoms with Crippen LogP contribution in [0.25, 0.3) is 22.2 Å². The molecule has 6 heteroatoms. The van der Waals surface area contributed by atoms with Crippen molar-refractivity contribution in [3.63, 3.8) is 0 Å². The number of carbonyl (C=O) groups is 2. The zero-order valence-corrected chi connectivity index (χ0v) is 15.3. The average molecular weight is 378 g/mol. The Morgan fingerprint density at radius 3 is 2.46 bits per heavy atom. The van der Waals surface area contributed by atoms with Crippen molar-refractivity contribution in [2.75, 3.05) is 13.1 Å². The Kier molecular flexibility index (Phi) is 4.88. The second-order valence-electron chi connectivity index (χ2n) is 7.24. The third-order valence-electron chi connectivity index (χ3n) is 5.48. The topological polar surface area (TPSA) is 93.6 Å². The number of piperidine rings is 1. The molecule has 1 aromatic heterocycles. The van der Waals surface area contributed by atoms with E-state index in [-0.39, 0.29) is 6.54 Å². The zero-order valence-electron chi connectivity index (χ0n) is 15.3. The molecule has 0 amide bonds. The molecule has 2 aromatic carbocycles. The van der Waals surface area contributed by atoms with Crippen LogP contribution < -0.4 is 0 Å². The van der Waals surface area contributed by atoms with Crippen LogP contribution in [-0.4, -0.2) is 45.1 Å². The van der Waals surface area contributed by atoms with Crippen LogP contribution in [0.15, 0.2) is 54.6 Å². The van der Waals surface area contributed by atoms with Gasteiger partial charge in [-0.15, -0.1) is 0 Å². The van der Waals surface area contributed by atoms with Crippen molar-refractivity contribution in [2.24, 2.45) is 5.92 Å². The number of hydrogen-bond acceptors (Lipinski definition) is 3. The number of aromatic nitrogens is 1. The minimum absolute atomic E-state index is 0.236. The van der Waals surface area contributed by atoms with Gasteiger partial charge in [0.05, 0.1) is 11.6 Å². The summed E-state index contributed by atoms with van der Waals surface area (Å²) in [6.45, 7) is 0.800. The van der Waals surface area contributed by atoms with Crippen LogP contribution in [0.2, 0.25) is 0 Å². The SMILES string of the molecule is O=C(O)[C@H]1CCCN([C@H](C(=O)O)c2c(-c3ccccc3)[nH]c3ccccc23)C1. The first kappa shape index (κ1) is 18.3. The van der Waals surface area contributed by atoms with E-state index < -0.39 is 23.9 Å². The molecule has 1 saturated heterocycles. The van der Waals surface area contributed by atoms with E-state index in [4.69, 9.17) is 0 Å². The Morgan fingerprint density at radius 2 is 1.75 bits per heavy atom. The predicted octanol–water partition coefficient (Wildman–Crippen LogP) is 3.76. The molecule has 4 rings (SSSR count). The largest absolute Gasteiger partial charge is 0.481 e. The highest BCUT2D eigenvalue weighted by atomic mass is 16.4. The van der Waals surface area contributed by atoms with Gasteiger partial charge in [0, 0.05) is 23.0 Å². The smallest absolute Gasteiger partial charge is 0.325 e. The van der Waals surface area contributed by atoms with E-state index in [0.717, 1.165) is 22.2 Å². The van der Waals surface area contributed by atoms with Gasteiger partial charge in [0.2, 0.25) is 0 Å². The van der Waals surface area contributed by atoms with E-state index >= 15 is 0 Å². The number of aliphatic carboxylic acids is 2. The number of likely N-dealkylation sites (tertiary alicyclic amines) is 1. The molecule has 1 aliphatic heterocycles. The number of nitrogens with zero attached hydrogens (tertiary/aromatic N) is 1. The van der Waals surface area contributed by atoms with E-state index in [1.165, 1.54) is 0 Å². The number of H-pyrrole nitrogens is 1. The minimum atomic E-state index is -0.965. The first-order valence-electron chi connectivity index (χ1n) is 9.42. The lowest BCUT2D eigenvalue weighted by atomic mass is 9.92. The van der Waals surface area contributed by atoms with Crippen molar-refractivity contribution < 1.29 is 19.8 Å². The number of carboxylic acid groups (broad SMARTS) is 2. The molecule has 0 unspecified atom stereocenters. The van der Waals surface area contributed by atoms with Crippen LogP contribution in [-0.2, 0) is 9.59 Å². The highest BCUT2D eigenvalue weighted by molar-refractivity contribution is 5.95. The number of rotatable bonds is 5. The highest BCUT2D eigenvalue weighted by Gasteiger charge is 2.37. The van der Waals surface area contributed by atoms with Gasteiger partial charge in [-0.05, 0) is 31.0 Å². The van der Waals surface area contributed by atoms with Gasteiger partial charge >= 0.3 is 11.9 Å². The van der Waals surface area contributed by atoms with Crippen LogP contribution in [0.4, 0.5) is 0 Å². The molecular formula is C22H22N2O4. The molecule has 1 aliphatic rings. The molecule has 2 heterocycles. The van der Waals surface area contributed by atoms with Gasteiger partial charge in [-0.25, -0.2) is 0 Å². The fourth-order valence-electron chi connectivity index (χ4n) is 4.18. The third kappa shape index (κ3) is 3.27. The van der Waals surface area contributed by atoms with Gasteiger partial charge in [0.15, 0.2) is 0 Å². The van der Waals surface area contributed by atoms with E-state index in [2.05, 4.69) is 4.98 Å². The van der Waals surface area contributed by atoms with Crippen molar-refractivity contribution in [2.45, 2.75) is 18.9 Å². The summed E-state index contributed by atoms with van der Waals surface area (Å²) < 4.78 is 0. The van der Waals surface area contributed by atoms with Crippen LogP contribution in [0, 0.1) is 5.92 Å². The number of fused-ring (bicyclic) bond motifs is 1. The summed E-state index contributed by atoms with van der Waals surface area (Å²) in [4.78, 5) is 29.1. The van der Waals surface area contributed by atoms with Crippen LogP contribution >= 0.6 is 0 Å². The van der Waals surface area contributed by atoms with Crippen molar-refractivity contribution in [3.05, 3.63) is 60.2 Å². The van der Waals surface area contributed by atoms with Gasteiger partial charge in [-0.1, -0.05) is 48.5 Å². The van der Waals surface area contributed by atoms with Crippen molar-refractivity contribution in [3.8, 4) is 11.3 Å². The second kappa shape index (κ2) is 7.48. The summed E-state index contributed by atoms with van der Waals surface area (Å²) in [6, 6.07) is 16.4. The van der Waals surface area contributed by atoms with Crippen LogP contribution in [0.5, 0.6) is 0 Å². The average Bonchev–Trinajstić information content (AvgIpc) is 3.08. The lowest BCUT2D eigenvalue weighted by Gasteiger charge is -2.35. The number of benzene rings is 2. The molecule has 3 N–H and O–H groups in total. The zero-order chi connectivity index (χ0) is 19.7. The summed E-state index contributed by atoms with van der Waals surface area (Å²) in [5.41, 5.74) is 3.24. The first-order chi connectivity index (χ1) is 13.6. The second-order valence-corrected chi connectivity index (χ2v) is 7.24. The van der Waals surface area contributed by atoms with Crippen LogP contribution in [0.3, 0.4) is 0 Å². The Hall–Kier alpha value is -3.12. The minimum Gasteiger partial charge on any atom is -0.481 e. The molecule has 0 aliphatic carbocycles. The van der Waals surface area contributed by atoms with E-state index in [1.54, 1.807) is 4.90 Å². The molecule has 3 aromatic rings.